The van der Waals surface area contributed by atoms with E-state index in [1.807, 2.05) is 0 Å². The van der Waals surface area contributed by atoms with Crippen molar-refractivity contribution in [1.82, 2.24) is 4.98 Å². The van der Waals surface area contributed by atoms with Crippen LogP contribution < -0.4 is 9.47 Å². The number of H-pyrrole nitrogens is 1. The smallest absolute Gasteiger partial charge is 0.343 e. The molecule has 1 N–H and O–H groups in total. The summed E-state index contributed by atoms with van der Waals surface area (Å²) in [6.07, 6.45) is 0. The molecule has 25 heavy (non-hydrogen) atoms. The Balaban J connectivity index is 1.90. The lowest BCUT2D eigenvalue weighted by molar-refractivity contribution is 0.0602. The fourth-order valence-corrected chi connectivity index (χ4v) is 2.63. The molecule has 3 aromatic rings. The molecule has 0 radical (unpaired) electrons. The van der Waals surface area contributed by atoms with Gasteiger partial charge in [0.15, 0.2) is 0 Å². The van der Waals surface area contributed by atoms with Crippen LogP contribution in [0, 0.1) is 6.92 Å². The standard InChI is InChI=1S/C19H17NO5/c1-11-17(19(22)24-3)15-10-14(8-9-16(15)20-11)25-18(21)12-4-6-13(23-2)7-5-12/h4-10,20H,1-3H3. The molecule has 128 valence electrons. The highest BCUT2D eigenvalue weighted by Gasteiger charge is 2.18. The van der Waals surface area contributed by atoms with E-state index in [9.17, 15) is 9.59 Å². The van der Waals surface area contributed by atoms with Gasteiger partial charge in [0.1, 0.15) is 11.5 Å². The highest BCUT2D eigenvalue weighted by atomic mass is 16.5. The molecule has 6 nitrogen and oxygen atoms in total. The third kappa shape index (κ3) is 3.19. The summed E-state index contributed by atoms with van der Waals surface area (Å²) in [6.45, 7) is 1.79. The number of carbonyl (C=O) groups excluding carboxylic acids is 2. The number of aryl methyl sites for hydroxylation is 1. The fraction of sp³-hybridized carbons (Fsp3) is 0.158. The molecule has 0 amide bonds. The van der Waals surface area contributed by atoms with Crippen molar-refractivity contribution in [1.29, 1.82) is 0 Å². The van der Waals surface area contributed by atoms with Crippen LogP contribution in [0.25, 0.3) is 10.9 Å². The number of hydrogen-bond donors (Lipinski definition) is 1. The molecule has 6 heteroatoms. The number of methoxy groups -OCH3 is 2. The Hall–Kier alpha value is -3.28. The molecule has 0 saturated carbocycles. The summed E-state index contributed by atoms with van der Waals surface area (Å²) in [4.78, 5) is 27.3. The van der Waals surface area contributed by atoms with Crippen LogP contribution in [0.4, 0.5) is 0 Å². The van der Waals surface area contributed by atoms with Crippen LogP contribution in [0.5, 0.6) is 11.5 Å². The van der Waals surface area contributed by atoms with Gasteiger partial charge in [-0.2, -0.15) is 0 Å². The normalized spacial score (nSPS) is 10.5. The van der Waals surface area contributed by atoms with Crippen molar-refractivity contribution in [2.45, 2.75) is 6.92 Å². The average Bonchev–Trinajstić information content (AvgIpc) is 2.96. The van der Waals surface area contributed by atoms with Gasteiger partial charge in [-0.15, -0.1) is 0 Å². The van der Waals surface area contributed by atoms with Gasteiger partial charge in [0.05, 0.1) is 25.3 Å². The number of nitrogens with one attached hydrogen (secondary N) is 1. The molecule has 0 bridgehead atoms. The van der Waals surface area contributed by atoms with Gasteiger partial charge in [-0.1, -0.05) is 0 Å². The number of ether oxygens (including phenoxy) is 3. The van der Waals surface area contributed by atoms with Gasteiger partial charge in [-0.05, 0) is 49.4 Å². The number of rotatable bonds is 4. The summed E-state index contributed by atoms with van der Waals surface area (Å²) in [5, 5.41) is 0.643. The Bertz CT molecular complexity index is 940. The molecule has 0 saturated heterocycles. The fourth-order valence-electron chi connectivity index (χ4n) is 2.63. The lowest BCUT2D eigenvalue weighted by Crippen LogP contribution is -2.08. The molecule has 0 aliphatic carbocycles. The number of benzene rings is 2. The van der Waals surface area contributed by atoms with Crippen molar-refractivity contribution >= 4 is 22.8 Å². The topological polar surface area (TPSA) is 77.6 Å². The second-order valence-electron chi connectivity index (χ2n) is 5.44. The van der Waals surface area contributed by atoms with Crippen LogP contribution in [0.1, 0.15) is 26.4 Å². The van der Waals surface area contributed by atoms with Crippen LogP contribution in [-0.2, 0) is 4.74 Å². The van der Waals surface area contributed by atoms with Crippen molar-refractivity contribution in [3.05, 3.63) is 59.3 Å². The highest BCUT2D eigenvalue weighted by Crippen LogP contribution is 2.27. The van der Waals surface area contributed by atoms with E-state index in [2.05, 4.69) is 4.98 Å². The molecule has 3 rings (SSSR count). The number of esters is 2. The van der Waals surface area contributed by atoms with Gasteiger partial charge in [0, 0.05) is 16.6 Å². The first-order valence-corrected chi connectivity index (χ1v) is 7.60. The van der Waals surface area contributed by atoms with E-state index in [1.165, 1.54) is 7.11 Å². The minimum atomic E-state index is -0.492. The lowest BCUT2D eigenvalue weighted by Gasteiger charge is -2.06. The SMILES string of the molecule is COC(=O)c1c(C)[nH]c2ccc(OC(=O)c3ccc(OC)cc3)cc12. The Morgan fingerprint density at radius 2 is 1.60 bits per heavy atom. The van der Waals surface area contributed by atoms with Crippen molar-refractivity contribution in [2.75, 3.05) is 14.2 Å². The van der Waals surface area contributed by atoms with E-state index in [1.54, 1.807) is 56.5 Å². The largest absolute Gasteiger partial charge is 0.497 e. The van der Waals surface area contributed by atoms with E-state index in [4.69, 9.17) is 14.2 Å². The van der Waals surface area contributed by atoms with Crippen molar-refractivity contribution < 1.29 is 23.8 Å². The quantitative estimate of drug-likeness (QED) is 0.581. The van der Waals surface area contributed by atoms with Gasteiger partial charge >= 0.3 is 11.9 Å². The molecular formula is C19H17NO5. The average molecular weight is 339 g/mol. The third-order valence-corrected chi connectivity index (χ3v) is 3.88. The van der Waals surface area contributed by atoms with Gasteiger partial charge in [-0.25, -0.2) is 9.59 Å². The minimum Gasteiger partial charge on any atom is -0.497 e. The predicted octanol–water partition coefficient (Wildman–Crippen LogP) is 3.49. The van der Waals surface area contributed by atoms with Gasteiger partial charge < -0.3 is 19.2 Å². The van der Waals surface area contributed by atoms with Crippen LogP contribution in [0.15, 0.2) is 42.5 Å². The van der Waals surface area contributed by atoms with Gasteiger partial charge in [0.25, 0.3) is 0 Å². The number of aromatic nitrogens is 1. The van der Waals surface area contributed by atoms with Gasteiger partial charge in [-0.3, -0.25) is 0 Å². The van der Waals surface area contributed by atoms with E-state index < -0.39 is 11.9 Å². The van der Waals surface area contributed by atoms with Crippen molar-refractivity contribution in [3.8, 4) is 11.5 Å². The highest BCUT2D eigenvalue weighted by molar-refractivity contribution is 6.06. The van der Waals surface area contributed by atoms with Crippen LogP contribution >= 0.6 is 0 Å². The Labute approximate surface area is 144 Å². The van der Waals surface area contributed by atoms with Crippen LogP contribution in [0.2, 0.25) is 0 Å². The number of aromatic amines is 1. The predicted molar refractivity (Wildman–Crippen MR) is 92.3 cm³/mol. The molecule has 0 fully saturated rings. The third-order valence-electron chi connectivity index (χ3n) is 3.88. The molecular weight excluding hydrogens is 322 g/mol. The maximum atomic E-state index is 12.3. The molecule has 2 aromatic carbocycles. The summed E-state index contributed by atoms with van der Waals surface area (Å²) in [5.74, 6) is 0.0669. The summed E-state index contributed by atoms with van der Waals surface area (Å²) in [5.41, 5.74) is 2.29. The molecule has 0 unspecified atom stereocenters. The minimum absolute atomic E-state index is 0.345. The molecule has 0 atom stereocenters. The molecule has 0 aliphatic heterocycles. The molecule has 1 heterocycles. The Morgan fingerprint density at radius 1 is 0.920 bits per heavy atom. The lowest BCUT2D eigenvalue weighted by atomic mass is 10.1. The zero-order valence-electron chi connectivity index (χ0n) is 14.1. The molecule has 0 spiro atoms. The van der Waals surface area contributed by atoms with Crippen LogP contribution in [0.3, 0.4) is 0 Å². The number of hydrogen-bond acceptors (Lipinski definition) is 5. The first kappa shape index (κ1) is 16.6. The van der Waals surface area contributed by atoms with E-state index in [0.29, 0.717) is 33.7 Å². The summed E-state index contributed by atoms with van der Waals surface area (Å²) in [7, 11) is 2.88. The summed E-state index contributed by atoms with van der Waals surface area (Å²) >= 11 is 0. The Kier molecular flexibility index (Phi) is 4.43. The second kappa shape index (κ2) is 6.68. The maximum Gasteiger partial charge on any atom is 0.343 e. The Morgan fingerprint density at radius 3 is 2.24 bits per heavy atom. The first-order valence-electron chi connectivity index (χ1n) is 7.60. The molecule has 1 aromatic heterocycles. The summed E-state index contributed by atoms with van der Waals surface area (Å²) < 4.78 is 15.3. The first-order chi connectivity index (χ1) is 12.0. The van der Waals surface area contributed by atoms with E-state index >= 15 is 0 Å². The zero-order valence-corrected chi connectivity index (χ0v) is 14.1. The number of fused-ring (bicyclic) bond motifs is 1. The van der Waals surface area contributed by atoms with Crippen molar-refractivity contribution in [3.63, 3.8) is 0 Å². The monoisotopic (exact) mass is 339 g/mol. The number of carbonyl (C=O) groups is 2. The van der Waals surface area contributed by atoms with E-state index in [0.717, 1.165) is 5.52 Å². The maximum absolute atomic E-state index is 12.3. The zero-order chi connectivity index (χ0) is 18.0. The van der Waals surface area contributed by atoms with Crippen LogP contribution in [-0.4, -0.2) is 31.1 Å². The van der Waals surface area contributed by atoms with Gasteiger partial charge in [0.2, 0.25) is 0 Å². The molecule has 0 aliphatic rings. The summed E-state index contributed by atoms with van der Waals surface area (Å²) in [6, 6.07) is 11.7. The second-order valence-corrected chi connectivity index (χ2v) is 5.44. The van der Waals surface area contributed by atoms with E-state index in [-0.39, 0.29) is 0 Å². The van der Waals surface area contributed by atoms with Crippen molar-refractivity contribution in [2.24, 2.45) is 0 Å².